The number of nitrogens with zero attached hydrogens (tertiary/aromatic N) is 1. The zero-order valence-electron chi connectivity index (χ0n) is 14.8. The Morgan fingerprint density at radius 3 is 2.38 bits per heavy atom. The normalized spacial score (nSPS) is 16.5. The number of rotatable bonds is 3. The first-order valence-corrected chi connectivity index (χ1v) is 8.48. The summed E-state index contributed by atoms with van der Waals surface area (Å²) in [5, 5.41) is 0. The summed E-state index contributed by atoms with van der Waals surface area (Å²) in [5.74, 6) is -1.34. The number of hydrazine groups is 1. The lowest BCUT2D eigenvalue weighted by atomic mass is 10.1. The molecule has 26 heavy (non-hydrogen) atoms. The summed E-state index contributed by atoms with van der Waals surface area (Å²) < 4.78 is 0. The molecule has 2 aromatic carbocycles. The highest BCUT2D eigenvalue weighted by atomic mass is 16.2. The lowest BCUT2D eigenvalue weighted by Crippen LogP contribution is -2.45. The minimum atomic E-state index is -0.499. The molecule has 0 radical (unpaired) electrons. The van der Waals surface area contributed by atoms with Crippen molar-refractivity contribution in [3.05, 3.63) is 65.2 Å². The predicted molar refractivity (Wildman–Crippen MR) is 98.4 cm³/mol. The summed E-state index contributed by atoms with van der Waals surface area (Å²) in [5.41, 5.74) is 8.06. The van der Waals surface area contributed by atoms with Gasteiger partial charge in [0.1, 0.15) is 0 Å². The highest BCUT2D eigenvalue weighted by molar-refractivity contribution is 6.01. The molecule has 0 spiro atoms. The van der Waals surface area contributed by atoms with Gasteiger partial charge in [0.2, 0.25) is 11.8 Å². The van der Waals surface area contributed by atoms with Crippen LogP contribution in [0.3, 0.4) is 0 Å². The van der Waals surface area contributed by atoms with Gasteiger partial charge in [-0.3, -0.25) is 25.2 Å². The fourth-order valence-electron chi connectivity index (χ4n) is 2.97. The van der Waals surface area contributed by atoms with E-state index in [4.69, 9.17) is 0 Å². The molecule has 1 atom stereocenters. The zero-order chi connectivity index (χ0) is 18.7. The van der Waals surface area contributed by atoms with Gasteiger partial charge in [-0.2, -0.15) is 0 Å². The number of anilines is 1. The second-order valence-electron chi connectivity index (χ2n) is 6.50. The maximum Gasteiger partial charge on any atom is 0.269 e. The van der Waals surface area contributed by atoms with Crippen molar-refractivity contribution in [3.63, 3.8) is 0 Å². The second kappa shape index (κ2) is 7.39. The maximum atomic E-state index is 12.3. The molecule has 3 rings (SSSR count). The van der Waals surface area contributed by atoms with E-state index in [9.17, 15) is 14.4 Å². The minimum Gasteiger partial charge on any atom is -0.312 e. The first-order valence-electron chi connectivity index (χ1n) is 8.48. The van der Waals surface area contributed by atoms with Crippen molar-refractivity contribution < 1.29 is 14.4 Å². The van der Waals surface area contributed by atoms with Gasteiger partial charge in [0, 0.05) is 24.2 Å². The van der Waals surface area contributed by atoms with E-state index in [1.54, 1.807) is 17.0 Å². The molecule has 1 heterocycles. The molecular weight excluding hydrogens is 330 g/mol. The summed E-state index contributed by atoms with van der Waals surface area (Å²) in [6.07, 6.45) is 0.125. The molecule has 1 aliphatic rings. The van der Waals surface area contributed by atoms with Gasteiger partial charge < -0.3 is 4.90 Å². The molecule has 3 amide bonds. The molecule has 134 valence electrons. The molecule has 1 aliphatic heterocycles. The molecular formula is C20H21N3O3. The van der Waals surface area contributed by atoms with E-state index < -0.39 is 5.92 Å². The smallest absolute Gasteiger partial charge is 0.269 e. The van der Waals surface area contributed by atoms with Crippen LogP contribution in [0.1, 0.15) is 27.9 Å². The van der Waals surface area contributed by atoms with E-state index >= 15 is 0 Å². The number of hydrogen-bond acceptors (Lipinski definition) is 3. The van der Waals surface area contributed by atoms with E-state index in [0.717, 1.165) is 16.8 Å². The molecule has 2 aromatic rings. The maximum absolute atomic E-state index is 12.3. The van der Waals surface area contributed by atoms with E-state index in [1.165, 1.54) is 0 Å². The van der Waals surface area contributed by atoms with Crippen molar-refractivity contribution in [1.82, 2.24) is 10.9 Å². The quantitative estimate of drug-likeness (QED) is 0.832. The zero-order valence-corrected chi connectivity index (χ0v) is 14.8. The molecule has 1 fully saturated rings. The molecule has 0 unspecified atom stereocenters. The van der Waals surface area contributed by atoms with Crippen LogP contribution in [0.2, 0.25) is 0 Å². The van der Waals surface area contributed by atoms with Crippen LogP contribution in [0, 0.1) is 19.8 Å². The van der Waals surface area contributed by atoms with Crippen LogP contribution < -0.4 is 15.8 Å². The van der Waals surface area contributed by atoms with Gasteiger partial charge in [-0.1, -0.05) is 35.9 Å². The summed E-state index contributed by atoms with van der Waals surface area (Å²) in [6.45, 7) is 4.10. The van der Waals surface area contributed by atoms with Crippen molar-refractivity contribution >= 4 is 23.4 Å². The number of hydrogen-bond donors (Lipinski definition) is 2. The summed E-state index contributed by atoms with van der Waals surface area (Å²) >= 11 is 0. The van der Waals surface area contributed by atoms with Gasteiger partial charge >= 0.3 is 0 Å². The number of benzene rings is 2. The van der Waals surface area contributed by atoms with Crippen LogP contribution in [0.4, 0.5) is 5.69 Å². The van der Waals surface area contributed by atoms with E-state index in [-0.39, 0.29) is 24.1 Å². The molecule has 1 saturated heterocycles. The Hall–Kier alpha value is -3.15. The van der Waals surface area contributed by atoms with Crippen molar-refractivity contribution in [2.45, 2.75) is 20.3 Å². The van der Waals surface area contributed by atoms with E-state index in [0.29, 0.717) is 12.1 Å². The third kappa shape index (κ3) is 3.74. The Labute approximate surface area is 152 Å². The average molecular weight is 351 g/mol. The Morgan fingerprint density at radius 1 is 1.00 bits per heavy atom. The van der Waals surface area contributed by atoms with Gasteiger partial charge in [-0.15, -0.1) is 0 Å². The Bertz CT molecular complexity index is 846. The average Bonchev–Trinajstić information content (AvgIpc) is 3.02. The van der Waals surface area contributed by atoms with Crippen LogP contribution in [0.25, 0.3) is 0 Å². The standard InChI is InChI=1S/C20H21N3O3/c1-13-7-9-16(10-8-13)23-12-15(11-18(23)24)19(25)21-22-20(26)17-6-4-3-5-14(17)2/h3-10,15H,11-12H2,1-2H3,(H,21,25)(H,22,26)/t15-/m0/s1. The summed E-state index contributed by atoms with van der Waals surface area (Å²) in [6, 6.07) is 14.7. The predicted octanol–water partition coefficient (Wildman–Crippen LogP) is 2.12. The fourth-order valence-corrected chi connectivity index (χ4v) is 2.97. The number of aryl methyl sites for hydroxylation is 2. The van der Waals surface area contributed by atoms with Gasteiger partial charge in [0.15, 0.2) is 0 Å². The Balaban J connectivity index is 1.59. The third-order valence-corrected chi connectivity index (χ3v) is 4.53. The van der Waals surface area contributed by atoms with Crippen molar-refractivity contribution in [2.75, 3.05) is 11.4 Å². The van der Waals surface area contributed by atoms with Gasteiger partial charge in [0.25, 0.3) is 5.91 Å². The summed E-state index contributed by atoms with van der Waals surface area (Å²) in [7, 11) is 0. The lowest BCUT2D eigenvalue weighted by molar-refractivity contribution is -0.126. The van der Waals surface area contributed by atoms with Crippen LogP contribution >= 0.6 is 0 Å². The number of amides is 3. The SMILES string of the molecule is Cc1ccc(N2C[C@@H](C(=O)NNC(=O)c3ccccc3C)CC2=O)cc1. The monoisotopic (exact) mass is 351 g/mol. The van der Waals surface area contributed by atoms with Crippen LogP contribution in [-0.4, -0.2) is 24.3 Å². The minimum absolute atomic E-state index is 0.0979. The largest absolute Gasteiger partial charge is 0.312 e. The van der Waals surface area contributed by atoms with Crippen molar-refractivity contribution in [2.24, 2.45) is 5.92 Å². The van der Waals surface area contributed by atoms with Gasteiger partial charge in [0.05, 0.1) is 5.92 Å². The first kappa shape index (κ1) is 17.7. The second-order valence-corrected chi connectivity index (χ2v) is 6.50. The molecule has 0 aliphatic carbocycles. The first-order chi connectivity index (χ1) is 12.5. The van der Waals surface area contributed by atoms with Gasteiger partial charge in [-0.05, 0) is 37.6 Å². The highest BCUT2D eigenvalue weighted by Crippen LogP contribution is 2.25. The van der Waals surface area contributed by atoms with E-state index in [2.05, 4.69) is 10.9 Å². The molecule has 2 N–H and O–H groups in total. The Kier molecular flexibility index (Phi) is 5.02. The Morgan fingerprint density at radius 2 is 1.69 bits per heavy atom. The van der Waals surface area contributed by atoms with Gasteiger partial charge in [-0.25, -0.2) is 0 Å². The van der Waals surface area contributed by atoms with Crippen molar-refractivity contribution in [3.8, 4) is 0 Å². The molecule has 0 aromatic heterocycles. The fraction of sp³-hybridized carbons (Fsp3) is 0.250. The number of carbonyl (C=O) groups excluding carboxylic acids is 3. The molecule has 0 bridgehead atoms. The van der Waals surface area contributed by atoms with E-state index in [1.807, 2.05) is 50.2 Å². The lowest BCUT2D eigenvalue weighted by Gasteiger charge is -2.17. The molecule has 6 heteroatoms. The third-order valence-electron chi connectivity index (χ3n) is 4.53. The molecule has 0 saturated carbocycles. The number of nitrogens with one attached hydrogen (secondary N) is 2. The topological polar surface area (TPSA) is 78.5 Å². The summed E-state index contributed by atoms with van der Waals surface area (Å²) in [4.78, 5) is 38.3. The number of carbonyl (C=O) groups is 3. The van der Waals surface area contributed by atoms with Crippen LogP contribution in [-0.2, 0) is 9.59 Å². The molecule has 6 nitrogen and oxygen atoms in total. The highest BCUT2D eigenvalue weighted by Gasteiger charge is 2.35. The van der Waals surface area contributed by atoms with Crippen LogP contribution in [0.5, 0.6) is 0 Å². The van der Waals surface area contributed by atoms with Crippen molar-refractivity contribution in [1.29, 1.82) is 0 Å². The van der Waals surface area contributed by atoms with Crippen LogP contribution in [0.15, 0.2) is 48.5 Å².